The summed E-state index contributed by atoms with van der Waals surface area (Å²) in [7, 11) is 0. The number of amides is 2. The molecule has 1 aromatic heterocycles. The number of ether oxygens (including phenoxy) is 1. The Morgan fingerprint density at radius 2 is 1.69 bits per heavy atom. The van der Waals surface area contributed by atoms with Gasteiger partial charge in [-0.3, -0.25) is 9.59 Å². The van der Waals surface area contributed by atoms with Gasteiger partial charge in [-0.1, -0.05) is 23.7 Å². The van der Waals surface area contributed by atoms with E-state index in [1.165, 1.54) is 36.5 Å². The molecule has 2 aromatic carbocycles. The highest BCUT2D eigenvalue weighted by molar-refractivity contribution is 6.29. The number of hydrogen-bond acceptors (Lipinski definition) is 5. The van der Waals surface area contributed by atoms with Crippen molar-refractivity contribution < 1.29 is 27.5 Å². The van der Waals surface area contributed by atoms with Crippen LogP contribution in [0.1, 0.15) is 31.8 Å². The summed E-state index contributed by atoms with van der Waals surface area (Å²) in [6.45, 7) is 5.59. The molecule has 190 valence electrons. The van der Waals surface area contributed by atoms with Gasteiger partial charge >= 0.3 is 6.18 Å². The van der Waals surface area contributed by atoms with E-state index >= 15 is 0 Å². The summed E-state index contributed by atoms with van der Waals surface area (Å²) < 4.78 is 43.6. The van der Waals surface area contributed by atoms with Crippen molar-refractivity contribution in [1.82, 2.24) is 10.3 Å². The Labute approximate surface area is 211 Å². The lowest BCUT2D eigenvalue weighted by molar-refractivity contribution is -0.137. The van der Waals surface area contributed by atoms with Gasteiger partial charge in [0.1, 0.15) is 5.15 Å². The van der Waals surface area contributed by atoms with Crippen molar-refractivity contribution in [3.63, 3.8) is 0 Å². The molecule has 1 saturated heterocycles. The number of nitrogens with one attached hydrogen (secondary N) is 3. The Morgan fingerprint density at radius 1 is 0.972 bits per heavy atom. The van der Waals surface area contributed by atoms with Crippen molar-refractivity contribution in [2.75, 3.05) is 36.9 Å². The quantitative estimate of drug-likeness (QED) is 0.413. The minimum atomic E-state index is -4.55. The lowest BCUT2D eigenvalue weighted by atomic mass is 10.1. The second-order valence-corrected chi connectivity index (χ2v) is 8.14. The average molecular weight is 521 g/mol. The van der Waals surface area contributed by atoms with Crippen LogP contribution < -0.4 is 16.0 Å². The molecule has 11 heteroatoms. The van der Waals surface area contributed by atoms with Crippen molar-refractivity contribution in [2.45, 2.75) is 13.1 Å². The minimum Gasteiger partial charge on any atom is -0.379 e. The van der Waals surface area contributed by atoms with Crippen LogP contribution in [0.25, 0.3) is 0 Å². The fourth-order valence-corrected chi connectivity index (χ4v) is 3.21. The fourth-order valence-electron chi connectivity index (χ4n) is 3.09. The molecule has 0 aliphatic carbocycles. The smallest absolute Gasteiger partial charge is 0.379 e. The summed E-state index contributed by atoms with van der Waals surface area (Å²) in [6, 6.07) is 11.9. The number of pyridine rings is 1. The van der Waals surface area contributed by atoms with Crippen LogP contribution in [0.2, 0.25) is 5.15 Å². The number of carbonyl (C=O) groups is 2. The normalized spacial score (nSPS) is 13.2. The van der Waals surface area contributed by atoms with Crippen LogP contribution in [0, 0.1) is 6.92 Å². The van der Waals surface area contributed by atoms with E-state index in [4.69, 9.17) is 16.3 Å². The van der Waals surface area contributed by atoms with Gasteiger partial charge < -0.3 is 20.7 Å². The second-order valence-electron chi connectivity index (χ2n) is 7.75. The van der Waals surface area contributed by atoms with Crippen molar-refractivity contribution in [1.29, 1.82) is 0 Å². The van der Waals surface area contributed by atoms with Crippen LogP contribution in [-0.4, -0.2) is 43.1 Å². The molecule has 2 heterocycles. The first-order valence-corrected chi connectivity index (χ1v) is 11.3. The lowest BCUT2D eigenvalue weighted by Crippen LogP contribution is -2.30. The molecular weight excluding hydrogens is 497 g/mol. The van der Waals surface area contributed by atoms with Gasteiger partial charge in [-0.15, -0.1) is 0 Å². The molecule has 1 aliphatic rings. The number of halogens is 4. The molecule has 36 heavy (non-hydrogen) atoms. The van der Waals surface area contributed by atoms with Gasteiger partial charge in [0.25, 0.3) is 11.8 Å². The molecule has 1 aliphatic heterocycles. The first kappa shape index (κ1) is 27.1. The third kappa shape index (κ3) is 8.04. The SMILES string of the molecule is C1COCCN1.Cc1ccc(NC(=O)c2cccc(C(F)(F)F)c2)cc1NC(=O)c1ccc(Cl)nc1. The molecule has 0 spiro atoms. The van der Waals surface area contributed by atoms with Crippen LogP contribution in [0.3, 0.4) is 0 Å². The minimum absolute atomic E-state index is 0.136. The van der Waals surface area contributed by atoms with Gasteiger partial charge in [-0.05, 0) is 55.0 Å². The number of rotatable bonds is 4. The third-order valence-corrected chi connectivity index (χ3v) is 5.26. The van der Waals surface area contributed by atoms with E-state index in [9.17, 15) is 22.8 Å². The summed E-state index contributed by atoms with van der Waals surface area (Å²) in [6.07, 6.45) is -3.22. The lowest BCUT2D eigenvalue weighted by Gasteiger charge is -2.12. The molecule has 0 radical (unpaired) electrons. The summed E-state index contributed by atoms with van der Waals surface area (Å²) in [5.74, 6) is -1.13. The Balaban J connectivity index is 0.000000526. The molecule has 1 fully saturated rings. The van der Waals surface area contributed by atoms with Crippen molar-refractivity contribution in [3.05, 3.63) is 88.2 Å². The number of morpholine rings is 1. The molecule has 0 unspecified atom stereocenters. The Bertz CT molecular complexity index is 1190. The highest BCUT2D eigenvalue weighted by Crippen LogP contribution is 2.30. The first-order chi connectivity index (χ1) is 17.1. The molecular formula is C25H24ClF3N4O3. The monoisotopic (exact) mass is 520 g/mol. The van der Waals surface area contributed by atoms with E-state index < -0.39 is 23.6 Å². The van der Waals surface area contributed by atoms with Crippen molar-refractivity contribution >= 4 is 34.8 Å². The summed E-state index contributed by atoms with van der Waals surface area (Å²) in [5.41, 5.74) is 0.704. The average Bonchev–Trinajstić information content (AvgIpc) is 2.87. The number of carbonyl (C=O) groups excluding carboxylic acids is 2. The van der Waals surface area contributed by atoms with Crippen LogP contribution in [-0.2, 0) is 10.9 Å². The summed E-state index contributed by atoms with van der Waals surface area (Å²) >= 11 is 5.71. The fraction of sp³-hybridized carbons (Fsp3) is 0.240. The van der Waals surface area contributed by atoms with Gasteiger partial charge in [0.05, 0.1) is 24.3 Å². The topological polar surface area (TPSA) is 92.4 Å². The molecule has 3 N–H and O–H groups in total. The van der Waals surface area contributed by atoms with Gasteiger partial charge in [0.2, 0.25) is 0 Å². The Morgan fingerprint density at radius 3 is 2.28 bits per heavy atom. The zero-order chi connectivity index (χ0) is 26.1. The van der Waals surface area contributed by atoms with Gasteiger partial charge in [-0.25, -0.2) is 4.98 Å². The van der Waals surface area contributed by atoms with Crippen molar-refractivity contribution in [2.24, 2.45) is 0 Å². The number of hydrogen-bond donors (Lipinski definition) is 3. The van der Waals surface area contributed by atoms with E-state index in [1.54, 1.807) is 19.1 Å². The predicted molar refractivity (Wildman–Crippen MR) is 131 cm³/mol. The van der Waals surface area contributed by atoms with Gasteiger partial charge in [-0.2, -0.15) is 13.2 Å². The Hall–Kier alpha value is -3.47. The largest absolute Gasteiger partial charge is 0.416 e. The van der Waals surface area contributed by atoms with E-state index in [-0.39, 0.29) is 16.3 Å². The van der Waals surface area contributed by atoms with Gasteiger partial charge in [0.15, 0.2) is 0 Å². The molecule has 7 nitrogen and oxygen atoms in total. The zero-order valence-corrected chi connectivity index (χ0v) is 20.0. The standard InChI is InChI=1S/C21H15ClF3N3O2.C4H9NO/c1-12-5-7-16(10-17(12)28-20(30)14-6-8-18(22)26-11-14)27-19(29)13-3-2-4-15(9-13)21(23,24)25;1-3-6-4-2-5-1/h2-11H,1H3,(H,27,29)(H,28,30);5H,1-4H2. The highest BCUT2D eigenvalue weighted by Gasteiger charge is 2.30. The number of aryl methyl sites for hydroxylation is 1. The number of benzene rings is 2. The summed E-state index contributed by atoms with van der Waals surface area (Å²) in [4.78, 5) is 28.6. The van der Waals surface area contributed by atoms with E-state index in [2.05, 4.69) is 20.9 Å². The second kappa shape index (κ2) is 12.5. The highest BCUT2D eigenvalue weighted by atomic mass is 35.5. The van der Waals surface area contributed by atoms with E-state index in [0.717, 1.165) is 44.0 Å². The molecule has 3 aromatic rings. The van der Waals surface area contributed by atoms with Crippen molar-refractivity contribution in [3.8, 4) is 0 Å². The number of nitrogens with zero attached hydrogens (tertiary/aromatic N) is 1. The number of alkyl halides is 3. The summed E-state index contributed by atoms with van der Waals surface area (Å²) in [5, 5.41) is 8.66. The zero-order valence-electron chi connectivity index (χ0n) is 19.3. The maximum Gasteiger partial charge on any atom is 0.416 e. The Kier molecular flexibility index (Phi) is 9.40. The van der Waals surface area contributed by atoms with Crippen LogP contribution >= 0.6 is 11.6 Å². The molecule has 0 saturated carbocycles. The third-order valence-electron chi connectivity index (χ3n) is 5.03. The maximum absolute atomic E-state index is 12.9. The molecule has 0 bridgehead atoms. The van der Waals surface area contributed by atoms with E-state index in [1.807, 2.05) is 0 Å². The van der Waals surface area contributed by atoms with Crippen LogP contribution in [0.4, 0.5) is 24.5 Å². The number of anilines is 2. The predicted octanol–water partition coefficient (Wildman–Crippen LogP) is 5.17. The molecule has 4 rings (SSSR count). The van der Waals surface area contributed by atoms with Gasteiger partial charge in [0, 0.05) is 36.2 Å². The van der Waals surface area contributed by atoms with Crippen LogP contribution in [0.5, 0.6) is 0 Å². The van der Waals surface area contributed by atoms with Crippen LogP contribution in [0.15, 0.2) is 60.8 Å². The van der Waals surface area contributed by atoms with E-state index in [0.29, 0.717) is 11.4 Å². The molecule has 0 atom stereocenters. The first-order valence-electron chi connectivity index (χ1n) is 10.9. The maximum atomic E-state index is 12.9. The molecule has 2 amide bonds. The number of aromatic nitrogens is 1.